The van der Waals surface area contributed by atoms with Crippen LogP contribution in [0.3, 0.4) is 0 Å². The van der Waals surface area contributed by atoms with Gasteiger partial charge in [-0.25, -0.2) is 4.98 Å². The third kappa shape index (κ3) is 4.84. The van der Waals surface area contributed by atoms with E-state index < -0.39 is 0 Å². The van der Waals surface area contributed by atoms with Crippen LogP contribution in [0.5, 0.6) is 0 Å². The largest absolute Gasteiger partial charge is 0.352 e. The Kier molecular flexibility index (Phi) is 5.89. The van der Waals surface area contributed by atoms with E-state index in [1.54, 1.807) is 24.7 Å². The maximum atomic E-state index is 12.0. The molecule has 5 nitrogen and oxygen atoms in total. The fourth-order valence-electron chi connectivity index (χ4n) is 2.22. The van der Waals surface area contributed by atoms with Crippen LogP contribution >= 0.6 is 0 Å². The number of nitrogens with zero attached hydrogens (tertiary/aromatic N) is 2. The van der Waals surface area contributed by atoms with Gasteiger partial charge in [-0.15, -0.1) is 0 Å². The van der Waals surface area contributed by atoms with Gasteiger partial charge in [-0.3, -0.25) is 9.59 Å². The number of hydrogen-bond acceptors (Lipinski definition) is 3. The van der Waals surface area contributed by atoms with Crippen molar-refractivity contribution in [3.63, 3.8) is 0 Å². The molecule has 0 radical (unpaired) electrons. The van der Waals surface area contributed by atoms with Gasteiger partial charge in [0.25, 0.3) is 0 Å². The van der Waals surface area contributed by atoms with Gasteiger partial charge in [-0.05, 0) is 6.42 Å². The van der Waals surface area contributed by atoms with Gasteiger partial charge in [-0.2, -0.15) is 0 Å². The average molecular weight is 299 g/mol. The van der Waals surface area contributed by atoms with E-state index in [-0.39, 0.29) is 30.6 Å². The summed E-state index contributed by atoms with van der Waals surface area (Å²) in [7, 11) is 0. The van der Waals surface area contributed by atoms with E-state index in [1.807, 2.05) is 35.9 Å². The molecule has 1 atom stereocenters. The summed E-state index contributed by atoms with van der Waals surface area (Å²) in [6.45, 7) is 2.71. The van der Waals surface area contributed by atoms with Gasteiger partial charge >= 0.3 is 0 Å². The standard InChI is InChI=1S/C17H21N3O2/c1-2-15(12-20-11-10-18-13-20)19-17(22)9-8-16(21)14-6-4-3-5-7-14/h3-7,10-11,13,15H,2,8-9,12H2,1H3,(H,19,22)/t15-/m0/s1. The van der Waals surface area contributed by atoms with Crippen molar-refractivity contribution < 1.29 is 9.59 Å². The number of carbonyl (C=O) groups is 2. The lowest BCUT2D eigenvalue weighted by Gasteiger charge is -2.17. The van der Waals surface area contributed by atoms with Crippen LogP contribution in [-0.4, -0.2) is 27.3 Å². The maximum absolute atomic E-state index is 12.0. The topological polar surface area (TPSA) is 64.0 Å². The van der Waals surface area contributed by atoms with Crippen molar-refractivity contribution in [1.29, 1.82) is 0 Å². The minimum atomic E-state index is -0.0868. The summed E-state index contributed by atoms with van der Waals surface area (Å²) in [5.41, 5.74) is 0.653. The van der Waals surface area contributed by atoms with E-state index in [9.17, 15) is 9.59 Å². The molecule has 5 heteroatoms. The quantitative estimate of drug-likeness (QED) is 0.761. The molecule has 1 aromatic heterocycles. The third-order valence-electron chi connectivity index (χ3n) is 3.52. The Morgan fingerprint density at radius 3 is 2.64 bits per heavy atom. The molecule has 0 fully saturated rings. The van der Waals surface area contributed by atoms with Crippen molar-refractivity contribution in [1.82, 2.24) is 14.9 Å². The molecule has 0 saturated carbocycles. The molecule has 0 aliphatic carbocycles. The highest BCUT2D eigenvalue weighted by molar-refractivity contribution is 5.97. The first-order valence-corrected chi connectivity index (χ1v) is 7.52. The molecule has 0 bridgehead atoms. The van der Waals surface area contributed by atoms with Gasteiger partial charge in [0.1, 0.15) is 0 Å². The Hall–Kier alpha value is -2.43. The number of benzene rings is 1. The molecular weight excluding hydrogens is 278 g/mol. The van der Waals surface area contributed by atoms with Gasteiger partial charge < -0.3 is 9.88 Å². The summed E-state index contributed by atoms with van der Waals surface area (Å²) in [4.78, 5) is 27.9. The first-order chi connectivity index (χ1) is 10.7. The SMILES string of the molecule is CC[C@@H](Cn1ccnc1)NC(=O)CCC(=O)c1ccccc1. The number of nitrogens with one attached hydrogen (secondary N) is 1. The lowest BCUT2D eigenvalue weighted by molar-refractivity contribution is -0.121. The molecule has 2 rings (SSSR count). The second-order valence-electron chi connectivity index (χ2n) is 5.22. The van der Waals surface area contributed by atoms with E-state index in [4.69, 9.17) is 0 Å². The van der Waals surface area contributed by atoms with Crippen LogP contribution in [-0.2, 0) is 11.3 Å². The average Bonchev–Trinajstić information content (AvgIpc) is 3.05. The molecule has 116 valence electrons. The fraction of sp³-hybridized carbons (Fsp3) is 0.353. The van der Waals surface area contributed by atoms with Crippen LogP contribution in [0.4, 0.5) is 0 Å². The van der Waals surface area contributed by atoms with Crippen molar-refractivity contribution >= 4 is 11.7 Å². The van der Waals surface area contributed by atoms with Crippen LogP contribution in [0, 0.1) is 0 Å². The van der Waals surface area contributed by atoms with Crippen LogP contribution < -0.4 is 5.32 Å². The van der Waals surface area contributed by atoms with Gasteiger partial charge in [0.05, 0.1) is 6.33 Å². The normalized spacial score (nSPS) is 11.9. The minimum absolute atomic E-state index is 0.00147. The second-order valence-corrected chi connectivity index (χ2v) is 5.22. The van der Waals surface area contributed by atoms with E-state index in [1.165, 1.54) is 0 Å². The molecule has 1 aromatic carbocycles. The van der Waals surface area contributed by atoms with Crippen molar-refractivity contribution in [3.05, 3.63) is 54.6 Å². The van der Waals surface area contributed by atoms with Crippen molar-refractivity contribution in [2.45, 2.75) is 38.8 Å². The molecule has 2 aromatic rings. The third-order valence-corrected chi connectivity index (χ3v) is 3.52. The second kappa shape index (κ2) is 8.12. The molecule has 0 aliphatic heterocycles. The summed E-state index contributed by atoms with van der Waals surface area (Å²) in [5.74, 6) is -0.0883. The highest BCUT2D eigenvalue weighted by Crippen LogP contribution is 2.06. The molecule has 1 heterocycles. The van der Waals surface area contributed by atoms with E-state index in [2.05, 4.69) is 10.3 Å². The van der Waals surface area contributed by atoms with Crippen molar-refractivity contribution in [2.75, 3.05) is 0 Å². The Morgan fingerprint density at radius 1 is 1.23 bits per heavy atom. The van der Waals surface area contributed by atoms with Crippen LogP contribution in [0.2, 0.25) is 0 Å². The van der Waals surface area contributed by atoms with Gasteiger partial charge in [0, 0.05) is 43.4 Å². The summed E-state index contributed by atoms with van der Waals surface area (Å²) < 4.78 is 1.93. The van der Waals surface area contributed by atoms with Crippen molar-refractivity contribution in [2.24, 2.45) is 0 Å². The number of ketones is 1. The highest BCUT2D eigenvalue weighted by Gasteiger charge is 2.13. The van der Waals surface area contributed by atoms with Gasteiger partial charge in [-0.1, -0.05) is 37.3 Å². The lowest BCUT2D eigenvalue weighted by atomic mass is 10.1. The summed E-state index contributed by atoms with van der Waals surface area (Å²) in [5, 5.41) is 2.97. The summed E-state index contributed by atoms with van der Waals surface area (Å²) in [6, 6.07) is 9.11. The predicted octanol–water partition coefficient (Wildman–Crippen LogP) is 2.44. The predicted molar refractivity (Wildman–Crippen MR) is 84.5 cm³/mol. The number of rotatable bonds is 8. The smallest absolute Gasteiger partial charge is 0.220 e. The fourth-order valence-corrected chi connectivity index (χ4v) is 2.22. The lowest BCUT2D eigenvalue weighted by Crippen LogP contribution is -2.37. The van der Waals surface area contributed by atoms with E-state index in [0.29, 0.717) is 12.1 Å². The van der Waals surface area contributed by atoms with Crippen LogP contribution in [0.25, 0.3) is 0 Å². The maximum Gasteiger partial charge on any atom is 0.220 e. The Balaban J connectivity index is 1.78. The monoisotopic (exact) mass is 299 g/mol. The Labute approximate surface area is 130 Å². The van der Waals surface area contributed by atoms with E-state index >= 15 is 0 Å². The molecule has 1 N–H and O–H groups in total. The molecule has 0 unspecified atom stereocenters. The zero-order valence-corrected chi connectivity index (χ0v) is 12.7. The number of amides is 1. The van der Waals surface area contributed by atoms with Crippen LogP contribution in [0.1, 0.15) is 36.5 Å². The molecular formula is C17H21N3O2. The summed E-state index contributed by atoms with van der Waals surface area (Å²) >= 11 is 0. The van der Waals surface area contributed by atoms with Crippen molar-refractivity contribution in [3.8, 4) is 0 Å². The van der Waals surface area contributed by atoms with Crippen LogP contribution in [0.15, 0.2) is 49.1 Å². The molecule has 0 spiro atoms. The summed E-state index contributed by atoms with van der Waals surface area (Å²) in [6.07, 6.45) is 6.59. The molecule has 1 amide bonds. The Bertz CT molecular complexity index is 594. The zero-order valence-electron chi connectivity index (χ0n) is 12.7. The minimum Gasteiger partial charge on any atom is -0.352 e. The number of Topliss-reactive ketones (excluding diaryl/α,β-unsaturated/α-hetero) is 1. The highest BCUT2D eigenvalue weighted by atomic mass is 16.2. The zero-order chi connectivity index (χ0) is 15.8. The Morgan fingerprint density at radius 2 is 2.00 bits per heavy atom. The number of aromatic nitrogens is 2. The molecule has 22 heavy (non-hydrogen) atoms. The number of hydrogen-bond donors (Lipinski definition) is 1. The molecule has 0 saturated heterocycles. The number of imidazole rings is 1. The number of carbonyl (C=O) groups excluding carboxylic acids is 2. The van der Waals surface area contributed by atoms with E-state index in [0.717, 1.165) is 6.42 Å². The van der Waals surface area contributed by atoms with Gasteiger partial charge in [0.15, 0.2) is 5.78 Å². The first-order valence-electron chi connectivity index (χ1n) is 7.52. The molecule has 0 aliphatic rings. The van der Waals surface area contributed by atoms with Gasteiger partial charge in [0.2, 0.25) is 5.91 Å². The first kappa shape index (κ1) is 15.9.